The molecule has 0 radical (unpaired) electrons. The van der Waals surface area contributed by atoms with Gasteiger partial charge in [0.25, 0.3) is 0 Å². The Bertz CT molecular complexity index is 487. The van der Waals surface area contributed by atoms with Crippen molar-refractivity contribution in [2.75, 3.05) is 7.11 Å². The lowest BCUT2D eigenvalue weighted by molar-refractivity contribution is -0.131. The van der Waals surface area contributed by atoms with E-state index in [2.05, 4.69) is 0 Å². The summed E-state index contributed by atoms with van der Waals surface area (Å²) in [5.74, 6) is -0.418. The van der Waals surface area contributed by atoms with Gasteiger partial charge in [-0.05, 0) is 23.8 Å². The second kappa shape index (κ2) is 7.06. The molecule has 0 spiro atoms. The molecule has 0 aliphatic rings. The van der Waals surface area contributed by atoms with Gasteiger partial charge >= 0.3 is 5.97 Å². The number of methoxy groups -OCH3 is 1. The molecule has 4 heteroatoms. The molecule has 1 rings (SSSR count). The normalized spacial score (nSPS) is 10.9. The van der Waals surface area contributed by atoms with E-state index >= 15 is 0 Å². The Kier molecular flexibility index (Phi) is 5.38. The summed E-state index contributed by atoms with van der Waals surface area (Å²) in [5, 5.41) is 8.60. The highest BCUT2D eigenvalue weighted by Crippen LogP contribution is 2.22. The van der Waals surface area contributed by atoms with Gasteiger partial charge in [0.2, 0.25) is 0 Å². The van der Waals surface area contributed by atoms with Crippen LogP contribution in [-0.2, 0) is 9.59 Å². The SMILES string of the molecule is COc1ccc(C=CCC=O)cc1/C=C/C(=O)O. The van der Waals surface area contributed by atoms with E-state index in [9.17, 15) is 9.59 Å². The van der Waals surface area contributed by atoms with Crippen LogP contribution in [0.2, 0.25) is 0 Å². The number of carbonyl (C=O) groups excluding carboxylic acids is 1. The summed E-state index contributed by atoms with van der Waals surface area (Å²) in [7, 11) is 1.52. The number of rotatable bonds is 6. The van der Waals surface area contributed by atoms with E-state index in [4.69, 9.17) is 9.84 Å². The molecule has 0 aliphatic carbocycles. The minimum absolute atomic E-state index is 0.353. The van der Waals surface area contributed by atoms with Gasteiger partial charge in [0.05, 0.1) is 7.11 Å². The maximum atomic E-state index is 10.5. The van der Waals surface area contributed by atoms with Gasteiger partial charge in [-0.1, -0.05) is 18.2 Å². The lowest BCUT2D eigenvalue weighted by Gasteiger charge is -2.05. The Balaban J connectivity index is 3.01. The molecule has 1 aromatic rings. The maximum absolute atomic E-state index is 10.5. The fourth-order valence-electron chi connectivity index (χ4n) is 1.41. The number of benzene rings is 1. The zero-order valence-electron chi connectivity index (χ0n) is 10.00. The van der Waals surface area contributed by atoms with Gasteiger partial charge in [0.1, 0.15) is 12.0 Å². The smallest absolute Gasteiger partial charge is 0.328 e. The largest absolute Gasteiger partial charge is 0.496 e. The van der Waals surface area contributed by atoms with Crippen molar-refractivity contribution in [2.45, 2.75) is 6.42 Å². The van der Waals surface area contributed by atoms with Crippen molar-refractivity contribution in [2.24, 2.45) is 0 Å². The average molecular weight is 246 g/mol. The summed E-state index contributed by atoms with van der Waals surface area (Å²) < 4.78 is 5.13. The number of hydrogen-bond donors (Lipinski definition) is 1. The molecule has 0 saturated carbocycles. The van der Waals surface area contributed by atoms with Crippen LogP contribution < -0.4 is 4.74 Å². The zero-order valence-corrected chi connectivity index (χ0v) is 10.00. The molecule has 0 aliphatic heterocycles. The van der Waals surface area contributed by atoms with Gasteiger partial charge in [-0.25, -0.2) is 4.79 Å². The fraction of sp³-hybridized carbons (Fsp3) is 0.143. The standard InChI is InChI=1S/C14H14O4/c1-18-13-7-5-11(4-2-3-9-15)10-12(13)6-8-14(16)17/h2,4-10H,3H2,1H3,(H,16,17)/b4-2?,8-6+. The van der Waals surface area contributed by atoms with E-state index in [1.54, 1.807) is 24.3 Å². The second-order valence-corrected chi connectivity index (χ2v) is 3.48. The van der Waals surface area contributed by atoms with Crippen LogP contribution in [0.25, 0.3) is 12.2 Å². The Morgan fingerprint density at radius 2 is 2.17 bits per heavy atom. The van der Waals surface area contributed by atoms with Crippen molar-refractivity contribution in [3.63, 3.8) is 0 Å². The molecule has 1 N–H and O–H groups in total. The van der Waals surface area contributed by atoms with Crippen LogP contribution in [0.1, 0.15) is 17.5 Å². The fourth-order valence-corrected chi connectivity index (χ4v) is 1.41. The molecule has 0 bridgehead atoms. The number of ether oxygens (including phenoxy) is 1. The third kappa shape index (κ3) is 4.25. The number of hydrogen-bond acceptors (Lipinski definition) is 3. The second-order valence-electron chi connectivity index (χ2n) is 3.48. The minimum atomic E-state index is -1.01. The van der Waals surface area contributed by atoms with E-state index in [-0.39, 0.29) is 0 Å². The Morgan fingerprint density at radius 1 is 1.39 bits per heavy atom. The minimum Gasteiger partial charge on any atom is -0.496 e. The quantitative estimate of drug-likeness (QED) is 0.618. The van der Waals surface area contributed by atoms with Crippen LogP contribution in [0.15, 0.2) is 30.4 Å². The van der Waals surface area contributed by atoms with Gasteiger partial charge < -0.3 is 14.6 Å². The Morgan fingerprint density at radius 3 is 2.78 bits per heavy atom. The summed E-state index contributed by atoms with van der Waals surface area (Å²) in [4.78, 5) is 20.7. The molecule has 0 amide bonds. The number of carbonyl (C=O) groups is 2. The molecule has 1 aromatic carbocycles. The third-order valence-electron chi connectivity index (χ3n) is 2.20. The van der Waals surface area contributed by atoms with Gasteiger partial charge in [-0.15, -0.1) is 0 Å². The zero-order chi connectivity index (χ0) is 13.4. The van der Waals surface area contributed by atoms with Gasteiger partial charge in [0.15, 0.2) is 0 Å². The highest BCUT2D eigenvalue weighted by Gasteiger charge is 2.00. The molecule has 0 fully saturated rings. The van der Waals surface area contributed by atoms with Crippen LogP contribution in [-0.4, -0.2) is 24.5 Å². The van der Waals surface area contributed by atoms with Crippen LogP contribution in [0.5, 0.6) is 5.75 Å². The molecule has 0 saturated heterocycles. The lowest BCUT2D eigenvalue weighted by Crippen LogP contribution is -1.90. The summed E-state index contributed by atoms with van der Waals surface area (Å²) >= 11 is 0. The lowest BCUT2D eigenvalue weighted by atomic mass is 10.1. The number of allylic oxidation sites excluding steroid dienone is 1. The molecule has 0 aromatic heterocycles. The summed E-state index contributed by atoms with van der Waals surface area (Å²) in [6, 6.07) is 5.37. The molecule has 94 valence electrons. The number of carboxylic acids is 1. The summed E-state index contributed by atoms with van der Waals surface area (Å²) in [5.41, 5.74) is 1.55. The Labute approximate surface area is 105 Å². The van der Waals surface area contributed by atoms with E-state index in [0.717, 1.165) is 17.9 Å². The molecule has 4 nitrogen and oxygen atoms in total. The van der Waals surface area contributed by atoms with Crippen molar-refractivity contribution < 1.29 is 19.4 Å². The molecule has 0 atom stereocenters. The number of aldehydes is 1. The van der Waals surface area contributed by atoms with E-state index in [1.807, 2.05) is 6.07 Å². The van der Waals surface area contributed by atoms with Gasteiger partial charge in [0, 0.05) is 18.1 Å². The molecular weight excluding hydrogens is 232 g/mol. The maximum Gasteiger partial charge on any atom is 0.328 e. The van der Waals surface area contributed by atoms with Crippen LogP contribution in [0.4, 0.5) is 0 Å². The van der Waals surface area contributed by atoms with E-state index in [0.29, 0.717) is 17.7 Å². The van der Waals surface area contributed by atoms with Crippen molar-refractivity contribution in [3.8, 4) is 5.75 Å². The van der Waals surface area contributed by atoms with Crippen LogP contribution >= 0.6 is 0 Å². The van der Waals surface area contributed by atoms with Crippen molar-refractivity contribution in [1.82, 2.24) is 0 Å². The molecule has 0 heterocycles. The summed E-state index contributed by atoms with van der Waals surface area (Å²) in [6.45, 7) is 0. The number of carboxylic acid groups (broad SMARTS) is 1. The predicted octanol–water partition coefficient (Wildman–Crippen LogP) is 2.40. The third-order valence-corrected chi connectivity index (χ3v) is 2.20. The van der Waals surface area contributed by atoms with Crippen molar-refractivity contribution >= 4 is 24.4 Å². The van der Waals surface area contributed by atoms with Crippen LogP contribution in [0, 0.1) is 0 Å². The monoisotopic (exact) mass is 246 g/mol. The van der Waals surface area contributed by atoms with Crippen molar-refractivity contribution in [1.29, 1.82) is 0 Å². The van der Waals surface area contributed by atoms with Crippen molar-refractivity contribution in [3.05, 3.63) is 41.5 Å². The predicted molar refractivity (Wildman–Crippen MR) is 69.4 cm³/mol. The first-order valence-electron chi connectivity index (χ1n) is 5.36. The molecular formula is C14H14O4. The summed E-state index contributed by atoms with van der Waals surface area (Å²) in [6.07, 6.45) is 7.22. The molecule has 18 heavy (non-hydrogen) atoms. The van der Waals surface area contributed by atoms with Gasteiger partial charge in [-0.2, -0.15) is 0 Å². The Hall–Kier alpha value is -2.36. The number of aliphatic carboxylic acids is 1. The topological polar surface area (TPSA) is 63.6 Å². The first kappa shape index (κ1) is 13.7. The van der Waals surface area contributed by atoms with Gasteiger partial charge in [-0.3, -0.25) is 0 Å². The first-order chi connectivity index (χ1) is 8.67. The highest BCUT2D eigenvalue weighted by atomic mass is 16.5. The molecule has 0 unspecified atom stereocenters. The average Bonchev–Trinajstić information content (AvgIpc) is 2.37. The van der Waals surface area contributed by atoms with E-state index < -0.39 is 5.97 Å². The van der Waals surface area contributed by atoms with Crippen LogP contribution in [0.3, 0.4) is 0 Å². The highest BCUT2D eigenvalue weighted by molar-refractivity contribution is 5.86. The first-order valence-corrected chi connectivity index (χ1v) is 5.36. The van der Waals surface area contributed by atoms with E-state index in [1.165, 1.54) is 13.2 Å².